The number of benzene rings is 2. The Morgan fingerprint density at radius 3 is 2.37 bits per heavy atom. The monoisotopic (exact) mass is 685 g/mol. The number of rotatable bonds is 10. The van der Waals surface area contributed by atoms with Gasteiger partial charge in [-0.25, -0.2) is 4.98 Å². The van der Waals surface area contributed by atoms with E-state index >= 15 is 0 Å². The van der Waals surface area contributed by atoms with Gasteiger partial charge in [-0.15, -0.1) is 10.2 Å². The van der Waals surface area contributed by atoms with Gasteiger partial charge in [0.1, 0.15) is 18.0 Å². The standard InChI is InChI=1S/C34H33F6N7O2/c1-46-18-42-45-30(46)23-6-5-22(33(35,36)37)13-24(23)21-11-28(44-32(17-48)7-2-8-32)43-29(12-21)47-16-26-25(31(47)49)9-20(10-27(26)34(38,39)40)15-41-14-19-3-4-19/h5-6,9-13,18-19,41,48H,2-4,7-8,14-17H2,1H3,(H,43,44). The molecule has 0 atom stereocenters. The van der Waals surface area contributed by atoms with E-state index in [4.69, 9.17) is 0 Å². The van der Waals surface area contributed by atoms with E-state index in [2.05, 4.69) is 25.8 Å². The predicted octanol–water partition coefficient (Wildman–Crippen LogP) is 6.57. The summed E-state index contributed by atoms with van der Waals surface area (Å²) in [5.41, 5.74) is -1.99. The number of nitrogens with zero attached hydrogens (tertiary/aromatic N) is 5. The Kier molecular flexibility index (Phi) is 8.17. The zero-order chi connectivity index (χ0) is 34.7. The fourth-order valence-corrected chi connectivity index (χ4v) is 6.50. The van der Waals surface area contributed by atoms with E-state index in [0.717, 1.165) is 42.4 Å². The van der Waals surface area contributed by atoms with Crippen LogP contribution in [-0.4, -0.2) is 49.5 Å². The summed E-state index contributed by atoms with van der Waals surface area (Å²) in [6.45, 7) is 0.138. The number of aryl methyl sites for hydroxylation is 1. The van der Waals surface area contributed by atoms with Crippen molar-refractivity contribution in [2.24, 2.45) is 13.0 Å². The summed E-state index contributed by atoms with van der Waals surface area (Å²) < 4.78 is 86.8. The van der Waals surface area contributed by atoms with E-state index in [-0.39, 0.29) is 52.9 Å². The molecule has 15 heteroatoms. The number of fused-ring (bicyclic) bond motifs is 1. The van der Waals surface area contributed by atoms with Crippen LogP contribution in [0.25, 0.3) is 22.5 Å². The highest BCUT2D eigenvalue weighted by Crippen LogP contribution is 2.43. The van der Waals surface area contributed by atoms with E-state index in [9.17, 15) is 36.2 Å². The van der Waals surface area contributed by atoms with Crippen molar-refractivity contribution < 1.29 is 36.2 Å². The van der Waals surface area contributed by atoms with E-state index in [1.165, 1.54) is 30.6 Å². The molecule has 258 valence electrons. The highest BCUT2D eigenvalue weighted by Gasteiger charge is 2.42. The topological polar surface area (TPSA) is 108 Å². The molecule has 0 saturated heterocycles. The summed E-state index contributed by atoms with van der Waals surface area (Å²) in [7, 11) is 1.64. The summed E-state index contributed by atoms with van der Waals surface area (Å²) in [6.07, 6.45) is -3.88. The number of halogens is 6. The van der Waals surface area contributed by atoms with Crippen LogP contribution in [0.5, 0.6) is 0 Å². The minimum Gasteiger partial charge on any atom is -0.394 e. The summed E-state index contributed by atoms with van der Waals surface area (Å²) >= 11 is 0. The lowest BCUT2D eigenvalue weighted by molar-refractivity contribution is -0.138. The first kappa shape index (κ1) is 33.0. The lowest BCUT2D eigenvalue weighted by Gasteiger charge is -2.41. The number of amides is 1. The highest BCUT2D eigenvalue weighted by atomic mass is 19.4. The molecule has 0 spiro atoms. The molecular formula is C34H33F6N7O2. The maximum absolute atomic E-state index is 14.4. The molecule has 4 aromatic rings. The van der Waals surface area contributed by atoms with Crippen molar-refractivity contribution in [1.82, 2.24) is 25.1 Å². The van der Waals surface area contributed by atoms with Crippen LogP contribution in [0, 0.1) is 5.92 Å². The minimum atomic E-state index is -4.74. The molecule has 3 aliphatic rings. The SMILES string of the molecule is Cn1cnnc1-c1ccc(C(F)(F)F)cc1-c1cc(NC2(CO)CCC2)nc(N2Cc3c(cc(CNCC4CC4)cc3C(F)(F)F)C2=O)c1. The number of aromatic nitrogens is 4. The van der Waals surface area contributed by atoms with Crippen molar-refractivity contribution in [1.29, 1.82) is 0 Å². The molecule has 3 heterocycles. The molecular weight excluding hydrogens is 652 g/mol. The first-order chi connectivity index (χ1) is 23.2. The molecule has 7 rings (SSSR count). The number of carbonyl (C=O) groups is 1. The fraction of sp³-hybridized carbons (Fsp3) is 0.412. The summed E-state index contributed by atoms with van der Waals surface area (Å²) in [5, 5.41) is 24.5. The van der Waals surface area contributed by atoms with Gasteiger partial charge in [0, 0.05) is 24.7 Å². The maximum atomic E-state index is 14.4. The minimum absolute atomic E-state index is 0.0588. The Labute approximate surface area is 277 Å². The molecule has 2 aromatic carbocycles. The number of hydrogen-bond acceptors (Lipinski definition) is 7. The third kappa shape index (κ3) is 6.48. The van der Waals surface area contributed by atoms with Gasteiger partial charge in [-0.2, -0.15) is 26.3 Å². The Hall–Kier alpha value is -4.50. The zero-order valence-corrected chi connectivity index (χ0v) is 26.4. The average Bonchev–Trinajstić information content (AvgIpc) is 3.67. The van der Waals surface area contributed by atoms with Crippen LogP contribution in [0.2, 0.25) is 0 Å². The van der Waals surface area contributed by atoms with Crippen molar-refractivity contribution in [3.8, 4) is 22.5 Å². The number of aliphatic hydroxyl groups is 1. The van der Waals surface area contributed by atoms with Crippen LogP contribution in [0.15, 0.2) is 48.8 Å². The quantitative estimate of drug-likeness (QED) is 0.162. The van der Waals surface area contributed by atoms with Crippen LogP contribution < -0.4 is 15.5 Å². The van der Waals surface area contributed by atoms with Crippen molar-refractivity contribution >= 4 is 17.5 Å². The number of pyridine rings is 1. The van der Waals surface area contributed by atoms with Gasteiger partial charge in [0.2, 0.25) is 0 Å². The molecule has 2 saturated carbocycles. The Balaban J connectivity index is 1.34. The van der Waals surface area contributed by atoms with Crippen molar-refractivity contribution in [2.75, 3.05) is 23.4 Å². The molecule has 9 nitrogen and oxygen atoms in total. The van der Waals surface area contributed by atoms with Crippen LogP contribution >= 0.6 is 0 Å². The van der Waals surface area contributed by atoms with Crippen LogP contribution in [0.1, 0.15) is 64.7 Å². The molecule has 1 amide bonds. The van der Waals surface area contributed by atoms with Gasteiger partial charge in [-0.05, 0) is 109 Å². The molecule has 0 bridgehead atoms. The summed E-state index contributed by atoms with van der Waals surface area (Å²) in [5.74, 6) is 0.150. The molecule has 3 N–H and O–H groups in total. The molecule has 0 radical (unpaired) electrons. The largest absolute Gasteiger partial charge is 0.416 e. The molecule has 2 fully saturated rings. The third-order valence-corrected chi connectivity index (χ3v) is 9.57. The predicted molar refractivity (Wildman–Crippen MR) is 168 cm³/mol. The number of hydrogen-bond donors (Lipinski definition) is 3. The molecule has 2 aromatic heterocycles. The lowest BCUT2D eigenvalue weighted by atomic mass is 9.77. The second-order valence-electron chi connectivity index (χ2n) is 13.2. The van der Waals surface area contributed by atoms with Gasteiger partial charge in [-0.1, -0.05) is 0 Å². The van der Waals surface area contributed by atoms with Crippen molar-refractivity contribution in [3.63, 3.8) is 0 Å². The number of carbonyl (C=O) groups excluding carboxylic acids is 1. The number of aliphatic hydroxyl groups excluding tert-OH is 1. The normalized spacial score (nSPS) is 17.3. The summed E-state index contributed by atoms with van der Waals surface area (Å²) in [6, 6.07) is 8.59. The van der Waals surface area contributed by atoms with Crippen molar-refractivity contribution in [3.05, 3.63) is 76.6 Å². The van der Waals surface area contributed by atoms with Crippen LogP contribution in [0.3, 0.4) is 0 Å². The first-order valence-electron chi connectivity index (χ1n) is 16.0. The fourth-order valence-electron chi connectivity index (χ4n) is 6.50. The van der Waals surface area contributed by atoms with Gasteiger partial charge >= 0.3 is 12.4 Å². The summed E-state index contributed by atoms with van der Waals surface area (Å²) in [4.78, 5) is 19.6. The van der Waals surface area contributed by atoms with Crippen LogP contribution in [-0.2, 0) is 32.5 Å². The number of nitrogens with one attached hydrogen (secondary N) is 2. The molecule has 49 heavy (non-hydrogen) atoms. The van der Waals surface area contributed by atoms with Gasteiger partial charge in [0.05, 0.1) is 29.8 Å². The lowest BCUT2D eigenvalue weighted by Crippen LogP contribution is -2.48. The Bertz CT molecular complexity index is 1910. The Morgan fingerprint density at radius 2 is 1.76 bits per heavy atom. The second-order valence-corrected chi connectivity index (χ2v) is 13.2. The zero-order valence-electron chi connectivity index (χ0n) is 26.4. The van der Waals surface area contributed by atoms with Crippen molar-refractivity contribution in [2.45, 2.75) is 63.1 Å². The highest BCUT2D eigenvalue weighted by molar-refractivity contribution is 6.10. The second kappa shape index (κ2) is 12.1. The van der Waals surface area contributed by atoms with Gasteiger partial charge in [0.25, 0.3) is 5.91 Å². The first-order valence-corrected chi connectivity index (χ1v) is 16.0. The smallest absolute Gasteiger partial charge is 0.394 e. The average molecular weight is 686 g/mol. The molecule has 2 aliphatic carbocycles. The maximum Gasteiger partial charge on any atom is 0.416 e. The number of anilines is 2. The van der Waals surface area contributed by atoms with E-state index in [1.54, 1.807) is 11.6 Å². The van der Waals surface area contributed by atoms with Gasteiger partial charge < -0.3 is 20.3 Å². The van der Waals surface area contributed by atoms with Crippen LogP contribution in [0.4, 0.5) is 38.0 Å². The molecule has 1 aliphatic heterocycles. The van der Waals surface area contributed by atoms with E-state index in [1.807, 2.05) is 0 Å². The van der Waals surface area contributed by atoms with Gasteiger partial charge in [-0.3, -0.25) is 9.69 Å². The third-order valence-electron chi connectivity index (χ3n) is 9.57. The van der Waals surface area contributed by atoms with E-state index in [0.29, 0.717) is 36.4 Å². The molecule has 0 unspecified atom stereocenters. The van der Waals surface area contributed by atoms with E-state index < -0.39 is 41.5 Å². The number of alkyl halides is 6. The Morgan fingerprint density at radius 1 is 0.980 bits per heavy atom. The van der Waals surface area contributed by atoms with Gasteiger partial charge in [0.15, 0.2) is 5.82 Å².